The molecule has 0 saturated carbocycles. The first kappa shape index (κ1) is 22.8. The van der Waals surface area contributed by atoms with Crippen molar-refractivity contribution in [2.24, 2.45) is 5.92 Å². The van der Waals surface area contributed by atoms with E-state index < -0.39 is 18.4 Å². The molecular formula is C20H34O6. The number of rotatable bonds is 13. The first-order valence-corrected chi connectivity index (χ1v) is 9.84. The average molecular weight is 370 g/mol. The maximum absolute atomic E-state index is 12.0. The van der Waals surface area contributed by atoms with Gasteiger partial charge in [-0.15, -0.1) is 0 Å². The summed E-state index contributed by atoms with van der Waals surface area (Å²) in [6.07, 6.45) is 8.61. The topological polar surface area (TPSA) is 104 Å². The van der Waals surface area contributed by atoms with Crippen molar-refractivity contribution in [3.05, 3.63) is 12.2 Å². The second-order valence-corrected chi connectivity index (χ2v) is 7.12. The minimum atomic E-state index is -0.985. The molecule has 0 amide bonds. The number of ether oxygens (including phenoxy) is 1. The molecule has 1 heterocycles. The van der Waals surface area contributed by atoms with Gasteiger partial charge in [0.1, 0.15) is 5.78 Å². The Bertz CT molecular complexity index is 448. The third-order valence-electron chi connectivity index (χ3n) is 4.85. The highest BCUT2D eigenvalue weighted by Crippen LogP contribution is 2.30. The zero-order valence-electron chi connectivity index (χ0n) is 15.8. The number of aliphatic hydroxyl groups is 2. The summed E-state index contributed by atoms with van der Waals surface area (Å²) in [6.45, 7) is 2.10. The van der Waals surface area contributed by atoms with E-state index in [1.54, 1.807) is 0 Å². The highest BCUT2D eigenvalue weighted by molar-refractivity contribution is 5.78. The maximum Gasteiger partial charge on any atom is 0.303 e. The van der Waals surface area contributed by atoms with Gasteiger partial charge in [0, 0.05) is 31.6 Å². The van der Waals surface area contributed by atoms with E-state index in [0.29, 0.717) is 38.5 Å². The number of aliphatic carboxylic acids is 1. The molecule has 0 aromatic carbocycles. The van der Waals surface area contributed by atoms with E-state index >= 15 is 0 Å². The van der Waals surface area contributed by atoms with E-state index in [1.165, 1.54) is 0 Å². The highest BCUT2D eigenvalue weighted by atomic mass is 16.6. The Kier molecular flexibility index (Phi) is 11.4. The molecule has 1 rings (SSSR count). The van der Waals surface area contributed by atoms with E-state index in [2.05, 4.69) is 6.92 Å². The summed E-state index contributed by atoms with van der Waals surface area (Å²) >= 11 is 0. The van der Waals surface area contributed by atoms with Crippen LogP contribution in [-0.4, -0.2) is 45.6 Å². The SMILES string of the molecule is CCCCCC(=O)CC[C@H]1O[C@@H](O)C[C@H](O)[C@@H]1C/C=C\CCCC(=O)O. The molecule has 1 fully saturated rings. The predicted molar refractivity (Wildman–Crippen MR) is 98.6 cm³/mol. The van der Waals surface area contributed by atoms with Gasteiger partial charge in [-0.2, -0.15) is 0 Å². The van der Waals surface area contributed by atoms with Crippen LogP contribution in [0.25, 0.3) is 0 Å². The van der Waals surface area contributed by atoms with Crippen molar-refractivity contribution < 1.29 is 29.6 Å². The third kappa shape index (κ3) is 9.46. The second kappa shape index (κ2) is 13.0. The van der Waals surface area contributed by atoms with Crippen molar-refractivity contribution in [2.75, 3.05) is 0 Å². The molecule has 1 aliphatic heterocycles. The van der Waals surface area contributed by atoms with Crippen molar-refractivity contribution in [2.45, 2.75) is 96.1 Å². The molecule has 0 bridgehead atoms. The largest absolute Gasteiger partial charge is 0.481 e. The Labute approximate surface area is 156 Å². The molecule has 6 nitrogen and oxygen atoms in total. The molecule has 0 aromatic rings. The number of allylic oxidation sites excluding steroid dienone is 2. The summed E-state index contributed by atoms with van der Waals surface area (Å²) in [6, 6.07) is 0. The smallest absolute Gasteiger partial charge is 0.303 e. The van der Waals surface area contributed by atoms with E-state index in [-0.39, 0.29) is 30.6 Å². The maximum atomic E-state index is 12.0. The molecule has 0 spiro atoms. The number of hydrogen-bond donors (Lipinski definition) is 3. The number of Topliss-reactive ketones (excluding diaryl/α,β-unsaturated/α-hetero) is 1. The van der Waals surface area contributed by atoms with E-state index in [0.717, 1.165) is 19.3 Å². The molecule has 0 unspecified atom stereocenters. The molecule has 1 saturated heterocycles. The molecule has 0 aromatic heterocycles. The van der Waals surface area contributed by atoms with Gasteiger partial charge in [-0.1, -0.05) is 31.9 Å². The fraction of sp³-hybridized carbons (Fsp3) is 0.800. The molecule has 6 heteroatoms. The van der Waals surface area contributed by atoms with Gasteiger partial charge >= 0.3 is 5.97 Å². The number of hydrogen-bond acceptors (Lipinski definition) is 5. The molecule has 0 aliphatic carbocycles. The van der Waals surface area contributed by atoms with Gasteiger partial charge < -0.3 is 20.1 Å². The van der Waals surface area contributed by atoms with Gasteiger partial charge in [0.15, 0.2) is 6.29 Å². The summed E-state index contributed by atoms with van der Waals surface area (Å²) < 4.78 is 5.59. The number of carboxylic acid groups (broad SMARTS) is 1. The standard InChI is InChI=1S/C20H34O6/c1-2-3-6-9-15(21)12-13-18-16(17(22)14-20(25)26-18)10-7-4-5-8-11-19(23)24/h4,7,16-18,20,22,25H,2-3,5-6,8-14H2,1H3,(H,23,24)/b7-4-/t16-,17-,18+,20+/m0/s1. The van der Waals surface area contributed by atoms with Crippen molar-refractivity contribution >= 4 is 11.8 Å². The van der Waals surface area contributed by atoms with Gasteiger partial charge in [-0.05, 0) is 32.1 Å². The summed E-state index contributed by atoms with van der Waals surface area (Å²) in [5.41, 5.74) is 0. The number of unbranched alkanes of at least 4 members (excludes halogenated alkanes) is 3. The lowest BCUT2D eigenvalue weighted by Gasteiger charge is -2.37. The van der Waals surface area contributed by atoms with Crippen molar-refractivity contribution in [1.82, 2.24) is 0 Å². The van der Waals surface area contributed by atoms with Gasteiger partial charge in [-0.3, -0.25) is 9.59 Å². The Balaban J connectivity index is 2.44. The summed E-state index contributed by atoms with van der Waals surface area (Å²) in [5.74, 6) is -0.746. The average Bonchev–Trinajstić information content (AvgIpc) is 2.57. The predicted octanol–water partition coefficient (Wildman–Crippen LogP) is 3.20. The van der Waals surface area contributed by atoms with Gasteiger partial charge in [0.25, 0.3) is 0 Å². The monoisotopic (exact) mass is 370 g/mol. The summed E-state index contributed by atoms with van der Waals surface area (Å²) in [7, 11) is 0. The van der Waals surface area contributed by atoms with Crippen LogP contribution in [0.4, 0.5) is 0 Å². The van der Waals surface area contributed by atoms with Gasteiger partial charge in [0.05, 0.1) is 12.2 Å². The van der Waals surface area contributed by atoms with Gasteiger partial charge in [-0.25, -0.2) is 0 Å². The zero-order valence-corrected chi connectivity index (χ0v) is 15.8. The van der Waals surface area contributed by atoms with E-state index in [1.807, 2.05) is 12.2 Å². The normalized spacial score (nSPS) is 26.3. The van der Waals surface area contributed by atoms with Crippen LogP contribution in [0.3, 0.4) is 0 Å². The minimum absolute atomic E-state index is 0.147. The fourth-order valence-electron chi connectivity index (χ4n) is 3.32. The number of carbonyl (C=O) groups is 2. The summed E-state index contributed by atoms with van der Waals surface area (Å²) in [4.78, 5) is 22.5. The van der Waals surface area contributed by atoms with Crippen LogP contribution >= 0.6 is 0 Å². The van der Waals surface area contributed by atoms with Gasteiger partial charge in [0.2, 0.25) is 0 Å². The number of carboxylic acids is 1. The Morgan fingerprint density at radius 2 is 1.85 bits per heavy atom. The first-order chi connectivity index (χ1) is 12.4. The highest BCUT2D eigenvalue weighted by Gasteiger charge is 2.36. The number of ketones is 1. The molecule has 4 atom stereocenters. The quantitative estimate of drug-likeness (QED) is 0.340. The molecule has 1 aliphatic rings. The Morgan fingerprint density at radius 3 is 2.54 bits per heavy atom. The number of carbonyl (C=O) groups excluding carboxylic acids is 1. The van der Waals surface area contributed by atoms with Crippen molar-refractivity contribution in [3.63, 3.8) is 0 Å². The van der Waals surface area contributed by atoms with E-state index in [9.17, 15) is 19.8 Å². The molecule has 150 valence electrons. The lowest BCUT2D eigenvalue weighted by Crippen LogP contribution is -2.44. The molecule has 0 radical (unpaired) electrons. The Morgan fingerprint density at radius 1 is 1.08 bits per heavy atom. The lowest BCUT2D eigenvalue weighted by molar-refractivity contribution is -0.215. The zero-order chi connectivity index (χ0) is 19.4. The first-order valence-electron chi connectivity index (χ1n) is 9.84. The minimum Gasteiger partial charge on any atom is -0.481 e. The van der Waals surface area contributed by atoms with Crippen LogP contribution in [0.15, 0.2) is 12.2 Å². The molecule has 3 N–H and O–H groups in total. The fourth-order valence-corrected chi connectivity index (χ4v) is 3.32. The summed E-state index contributed by atoms with van der Waals surface area (Å²) in [5, 5.41) is 28.7. The number of aliphatic hydroxyl groups excluding tert-OH is 2. The van der Waals surface area contributed by atoms with Crippen LogP contribution in [0.5, 0.6) is 0 Å². The second-order valence-electron chi connectivity index (χ2n) is 7.12. The Hall–Kier alpha value is -1.24. The third-order valence-corrected chi connectivity index (χ3v) is 4.85. The molecule has 26 heavy (non-hydrogen) atoms. The van der Waals surface area contributed by atoms with Crippen LogP contribution in [0.2, 0.25) is 0 Å². The lowest BCUT2D eigenvalue weighted by atomic mass is 9.85. The molecular weight excluding hydrogens is 336 g/mol. The van der Waals surface area contributed by atoms with Crippen molar-refractivity contribution in [1.29, 1.82) is 0 Å². The van der Waals surface area contributed by atoms with Crippen LogP contribution < -0.4 is 0 Å². The van der Waals surface area contributed by atoms with Crippen LogP contribution in [-0.2, 0) is 14.3 Å². The van der Waals surface area contributed by atoms with E-state index in [4.69, 9.17) is 9.84 Å². The van der Waals surface area contributed by atoms with Crippen molar-refractivity contribution in [3.8, 4) is 0 Å². The van der Waals surface area contributed by atoms with Crippen LogP contribution in [0.1, 0.15) is 77.6 Å². The van der Waals surface area contributed by atoms with Crippen LogP contribution in [0, 0.1) is 5.92 Å².